The summed E-state index contributed by atoms with van der Waals surface area (Å²) < 4.78 is 5.73. The highest BCUT2D eigenvalue weighted by Gasteiger charge is 2.63. The Hall–Kier alpha value is -7.48. The van der Waals surface area contributed by atoms with E-state index >= 15 is 0 Å². The Morgan fingerprint density at radius 2 is 0.533 bits per heavy atom. The van der Waals surface area contributed by atoms with E-state index in [1.165, 1.54) is 169 Å². The Morgan fingerprint density at radius 1 is 0.244 bits per heavy atom. The molecule has 0 radical (unpaired) electrons. The smallest absolute Gasteiger partial charge is 0.0501 e. The molecule has 0 amide bonds. The van der Waals surface area contributed by atoms with Gasteiger partial charge in [0.15, 0.2) is 0 Å². The van der Waals surface area contributed by atoms with Crippen molar-refractivity contribution < 1.29 is 0 Å². The van der Waals surface area contributed by atoms with Crippen molar-refractivity contribution in [3.8, 4) is 0 Å². The van der Waals surface area contributed by atoms with E-state index in [1.807, 2.05) is 0 Å². The molecule has 6 saturated carbocycles. The minimum atomic E-state index is 0.340. The zero-order chi connectivity index (χ0) is 59.0. The third-order valence-corrected chi connectivity index (χ3v) is 26.1. The Bertz CT molecular complexity index is 3820. The van der Waals surface area contributed by atoms with Crippen molar-refractivity contribution in [1.82, 2.24) is 14.5 Å². The number of piperazine rings is 2. The molecule has 2 aromatic heterocycles. The molecule has 10 aromatic rings. The van der Waals surface area contributed by atoms with Crippen molar-refractivity contribution in [3.05, 3.63) is 218 Å². The van der Waals surface area contributed by atoms with Gasteiger partial charge in [-0.15, -0.1) is 0 Å². The van der Waals surface area contributed by atoms with E-state index in [1.54, 1.807) is 0 Å². The maximum Gasteiger partial charge on any atom is 0.0501 e. The molecule has 0 bridgehead atoms. The second kappa shape index (κ2) is 22.1. The Balaban J connectivity index is 0.825. The lowest BCUT2D eigenvalue weighted by molar-refractivity contribution is -0.0864. The molecule has 3 aliphatic heterocycles. The fourth-order valence-electron chi connectivity index (χ4n) is 23.2. The summed E-state index contributed by atoms with van der Waals surface area (Å²) in [5.74, 6) is 4.00. The Kier molecular flexibility index (Phi) is 13.3. The number of benzene rings is 8. The molecule has 1 N–H and O–H groups in total. The highest BCUT2D eigenvalue weighted by molar-refractivity contribution is 6.09. The summed E-state index contributed by atoms with van der Waals surface area (Å²) in [6.45, 7) is 1.01. The van der Waals surface area contributed by atoms with Gasteiger partial charge in [-0.05, 0) is 191 Å². The minimum Gasteiger partial charge on any atom is -0.361 e. The van der Waals surface area contributed by atoms with Crippen LogP contribution in [-0.4, -0.2) is 70.1 Å². The molecule has 7 nitrogen and oxygen atoms in total. The summed E-state index contributed by atoms with van der Waals surface area (Å²) in [6, 6.07) is 90.4. The average Bonchev–Trinajstić information content (AvgIpc) is 1.45. The summed E-state index contributed by atoms with van der Waals surface area (Å²) in [6.07, 6.45) is 20.4. The van der Waals surface area contributed by atoms with Crippen LogP contribution in [0.15, 0.2) is 218 Å². The summed E-state index contributed by atoms with van der Waals surface area (Å²) in [5, 5.41) is 10.4. The number of aromatic nitrogens is 2. The fourth-order valence-corrected chi connectivity index (χ4v) is 23.2. The standard InChI is InChI=1S/C83H89N7/c1-5-25-54(26-6-1)85-75-41-21-22-42-76(75)86(55-27-7-2-8-28-55)80-50-67-66(49-79(80)85)60-46-45-58(89-71-37-17-13-33-61(71)62-34-14-18-38-72(62)89)47-65(60)69-48-59(90-73-39-19-15-35-63(73)64-36-16-20-40-74(64)90)53-84-83(69)70-52-82-81(51-68(67)70)87(56-29-9-3-10-30-56)77-43-23-24-44-78(77)88(82)57-31-11-4-12-32-57/h1-20,25-40,58-60,65-70,75-84H,21-24,41-53H2. The summed E-state index contributed by atoms with van der Waals surface area (Å²) in [4.78, 5) is 12.5. The number of piperidine rings is 1. The molecule has 9 fully saturated rings. The van der Waals surface area contributed by atoms with Gasteiger partial charge in [-0.3, -0.25) is 0 Å². The first kappa shape index (κ1) is 54.3. The lowest BCUT2D eigenvalue weighted by Crippen LogP contribution is -2.75. The number of fused-ring (bicyclic) bond motifs is 18. The first-order chi connectivity index (χ1) is 44.7. The van der Waals surface area contributed by atoms with Gasteiger partial charge < -0.3 is 34.1 Å². The van der Waals surface area contributed by atoms with Crippen LogP contribution in [0, 0.1) is 41.4 Å². The molecule has 456 valence electrons. The van der Waals surface area contributed by atoms with Crippen molar-refractivity contribution in [2.75, 3.05) is 26.1 Å². The first-order valence-corrected chi connectivity index (χ1v) is 35.7. The van der Waals surface area contributed by atoms with Crippen molar-refractivity contribution >= 4 is 66.4 Å². The molecule has 6 aliphatic carbocycles. The van der Waals surface area contributed by atoms with Crippen LogP contribution < -0.4 is 24.9 Å². The Labute approximate surface area is 533 Å². The maximum absolute atomic E-state index is 4.82. The molecule has 19 rings (SSSR count). The number of hydrogen-bond donors (Lipinski definition) is 1. The molecule has 7 heteroatoms. The van der Waals surface area contributed by atoms with Crippen molar-refractivity contribution in [2.45, 2.75) is 169 Å². The molecular formula is C83H89N7. The predicted molar refractivity (Wildman–Crippen MR) is 373 cm³/mol. The van der Waals surface area contributed by atoms with Crippen LogP contribution in [-0.2, 0) is 0 Å². The zero-order valence-corrected chi connectivity index (χ0v) is 52.4. The fraction of sp³-hybridized carbons (Fsp3) is 0.422. The SMILES string of the molecule is c1ccc(N2C3CCCCC3N(c3ccccc3)C3CC4C(CC32)C2CCC(n3c5ccccc5c5ccccc53)CC2C2CC(n3c5ccccc5c5ccccc53)CNC2C2CC3C(CC42)N(c2ccccc2)C2CCCCC2N3c2ccccc2)cc1. The quantitative estimate of drug-likeness (QED) is 0.168. The number of hydrogen-bond acceptors (Lipinski definition) is 5. The lowest BCUT2D eigenvalue weighted by atomic mass is 9.48. The lowest BCUT2D eigenvalue weighted by Gasteiger charge is -2.68. The largest absolute Gasteiger partial charge is 0.361 e. The van der Waals surface area contributed by atoms with Crippen LogP contribution >= 0.6 is 0 Å². The topological polar surface area (TPSA) is 34.9 Å². The van der Waals surface area contributed by atoms with E-state index < -0.39 is 0 Å². The normalized spacial score (nSPS) is 34.0. The van der Waals surface area contributed by atoms with Gasteiger partial charge in [-0.25, -0.2) is 0 Å². The van der Waals surface area contributed by atoms with Gasteiger partial charge in [-0.2, -0.15) is 0 Å². The monoisotopic (exact) mass is 1180 g/mol. The predicted octanol–water partition coefficient (Wildman–Crippen LogP) is 18.3. The van der Waals surface area contributed by atoms with E-state index in [0.29, 0.717) is 108 Å². The molecule has 8 aromatic carbocycles. The highest BCUT2D eigenvalue weighted by atomic mass is 15.4. The summed E-state index contributed by atoms with van der Waals surface area (Å²) in [5.41, 5.74) is 11.5. The van der Waals surface area contributed by atoms with E-state index in [9.17, 15) is 0 Å². The number of rotatable bonds is 6. The number of nitrogens with one attached hydrogen (secondary N) is 1. The van der Waals surface area contributed by atoms with Gasteiger partial charge in [0.25, 0.3) is 0 Å². The second-order valence-corrected chi connectivity index (χ2v) is 29.8. The van der Waals surface area contributed by atoms with Crippen LogP contribution in [0.1, 0.15) is 115 Å². The molecule has 18 atom stereocenters. The minimum absolute atomic E-state index is 0.340. The van der Waals surface area contributed by atoms with Gasteiger partial charge >= 0.3 is 0 Å². The average molecular weight is 1180 g/mol. The summed E-state index contributed by atoms with van der Waals surface area (Å²) in [7, 11) is 0. The van der Waals surface area contributed by atoms with E-state index in [2.05, 4.69) is 247 Å². The molecular weight excluding hydrogens is 1090 g/mol. The first-order valence-electron chi connectivity index (χ1n) is 35.7. The number of nitrogens with zero attached hydrogens (tertiary/aromatic N) is 6. The van der Waals surface area contributed by atoms with Crippen LogP contribution in [0.3, 0.4) is 0 Å². The molecule has 9 aliphatic rings. The highest BCUT2D eigenvalue weighted by Crippen LogP contribution is 2.63. The van der Waals surface area contributed by atoms with Crippen LogP contribution in [0.5, 0.6) is 0 Å². The number of anilines is 4. The van der Waals surface area contributed by atoms with E-state index in [-0.39, 0.29) is 0 Å². The zero-order valence-electron chi connectivity index (χ0n) is 52.4. The van der Waals surface area contributed by atoms with Crippen molar-refractivity contribution in [2.24, 2.45) is 41.4 Å². The van der Waals surface area contributed by atoms with Gasteiger partial charge in [0.1, 0.15) is 0 Å². The molecule has 0 spiro atoms. The molecule has 18 unspecified atom stereocenters. The number of para-hydroxylation sites is 8. The Morgan fingerprint density at radius 3 is 0.922 bits per heavy atom. The van der Waals surface area contributed by atoms with Gasteiger partial charge in [0, 0.05) is 115 Å². The van der Waals surface area contributed by atoms with Gasteiger partial charge in [0.05, 0.1) is 24.2 Å². The summed E-state index contributed by atoms with van der Waals surface area (Å²) >= 11 is 0. The van der Waals surface area contributed by atoms with Crippen LogP contribution in [0.2, 0.25) is 0 Å². The van der Waals surface area contributed by atoms with Crippen LogP contribution in [0.4, 0.5) is 22.7 Å². The molecule has 90 heavy (non-hydrogen) atoms. The third-order valence-electron chi connectivity index (χ3n) is 26.1. The van der Waals surface area contributed by atoms with Crippen LogP contribution in [0.25, 0.3) is 43.6 Å². The van der Waals surface area contributed by atoms with Gasteiger partial charge in [-0.1, -0.05) is 171 Å². The van der Waals surface area contributed by atoms with Gasteiger partial charge in [0.2, 0.25) is 0 Å². The molecule has 5 heterocycles. The third kappa shape index (κ3) is 8.52. The van der Waals surface area contributed by atoms with E-state index in [0.717, 1.165) is 6.54 Å². The maximum atomic E-state index is 4.82. The molecule has 3 saturated heterocycles. The van der Waals surface area contributed by atoms with E-state index in [4.69, 9.17) is 5.32 Å². The van der Waals surface area contributed by atoms with Crippen molar-refractivity contribution in [1.29, 1.82) is 0 Å². The van der Waals surface area contributed by atoms with Crippen molar-refractivity contribution in [3.63, 3.8) is 0 Å². The second-order valence-electron chi connectivity index (χ2n) is 29.8.